The number of anilines is 1. The maximum Gasteiger partial charge on any atom is 0.258 e. The third-order valence-electron chi connectivity index (χ3n) is 6.37. The fourth-order valence-corrected chi connectivity index (χ4v) is 4.18. The summed E-state index contributed by atoms with van der Waals surface area (Å²) in [5, 5.41) is 10.4. The molecule has 7 nitrogen and oxygen atoms in total. The number of nitrogens with one attached hydrogen (secondary N) is 2. The Morgan fingerprint density at radius 2 is 1.53 bits per heavy atom. The third-order valence-corrected chi connectivity index (χ3v) is 6.37. The van der Waals surface area contributed by atoms with E-state index in [-0.39, 0.29) is 11.8 Å². The fourth-order valence-electron chi connectivity index (χ4n) is 4.18. The molecule has 0 spiro atoms. The lowest BCUT2D eigenvalue weighted by molar-refractivity contribution is -0.120. The molecule has 38 heavy (non-hydrogen) atoms. The molecular formula is C31H28N4O3. The van der Waals surface area contributed by atoms with Crippen LogP contribution < -0.4 is 10.6 Å². The Balaban J connectivity index is 1.43. The number of carbonyl (C=O) groups excluding carboxylic acids is 2. The SMILES string of the molecule is CNC(=O)CCc1cc(-c2ccc(-c3ccc(C)cc3)cc2)n(-c2ccc(NC(=O)c3ccoc3)cc2)n1. The summed E-state index contributed by atoms with van der Waals surface area (Å²) in [6.07, 6.45) is 3.76. The Morgan fingerprint density at radius 1 is 0.868 bits per heavy atom. The average Bonchev–Trinajstić information content (AvgIpc) is 3.64. The summed E-state index contributed by atoms with van der Waals surface area (Å²) in [7, 11) is 1.63. The minimum absolute atomic E-state index is 0.0266. The number of furan rings is 1. The molecule has 0 aliphatic heterocycles. The van der Waals surface area contributed by atoms with Gasteiger partial charge in [-0.15, -0.1) is 0 Å². The minimum Gasteiger partial charge on any atom is -0.472 e. The van der Waals surface area contributed by atoms with E-state index >= 15 is 0 Å². The molecule has 0 saturated heterocycles. The smallest absolute Gasteiger partial charge is 0.258 e. The van der Waals surface area contributed by atoms with Crippen molar-refractivity contribution in [2.75, 3.05) is 12.4 Å². The zero-order valence-corrected chi connectivity index (χ0v) is 21.3. The number of nitrogens with zero attached hydrogens (tertiary/aromatic N) is 2. The molecular weight excluding hydrogens is 476 g/mol. The summed E-state index contributed by atoms with van der Waals surface area (Å²) in [5.74, 6) is -0.266. The first kappa shape index (κ1) is 24.8. The molecule has 2 aromatic heterocycles. The highest BCUT2D eigenvalue weighted by Crippen LogP contribution is 2.28. The van der Waals surface area contributed by atoms with Crippen molar-refractivity contribution in [2.45, 2.75) is 19.8 Å². The second-order valence-electron chi connectivity index (χ2n) is 9.06. The van der Waals surface area contributed by atoms with E-state index in [1.165, 1.54) is 18.1 Å². The Bertz CT molecular complexity index is 1530. The van der Waals surface area contributed by atoms with Gasteiger partial charge in [0.05, 0.1) is 28.9 Å². The quantitative estimate of drug-likeness (QED) is 0.270. The van der Waals surface area contributed by atoms with Gasteiger partial charge < -0.3 is 15.1 Å². The van der Waals surface area contributed by atoms with E-state index in [9.17, 15) is 9.59 Å². The lowest BCUT2D eigenvalue weighted by Gasteiger charge is -2.10. The Hall–Kier alpha value is -4.91. The van der Waals surface area contributed by atoms with Crippen molar-refractivity contribution >= 4 is 17.5 Å². The van der Waals surface area contributed by atoms with Crippen LogP contribution in [0.2, 0.25) is 0 Å². The highest BCUT2D eigenvalue weighted by Gasteiger charge is 2.14. The highest BCUT2D eigenvalue weighted by atomic mass is 16.3. The molecule has 0 fully saturated rings. The van der Waals surface area contributed by atoms with Crippen LogP contribution in [0.3, 0.4) is 0 Å². The van der Waals surface area contributed by atoms with Crippen molar-refractivity contribution in [1.29, 1.82) is 0 Å². The Kier molecular flexibility index (Phi) is 7.17. The van der Waals surface area contributed by atoms with Crippen LogP contribution >= 0.6 is 0 Å². The Morgan fingerprint density at radius 3 is 2.16 bits per heavy atom. The Labute approximate surface area is 221 Å². The van der Waals surface area contributed by atoms with Crippen LogP contribution in [0.4, 0.5) is 5.69 Å². The van der Waals surface area contributed by atoms with Crippen molar-refractivity contribution in [3.05, 3.63) is 114 Å². The first-order chi connectivity index (χ1) is 18.5. The number of aryl methyl sites for hydroxylation is 2. The van der Waals surface area contributed by atoms with Crippen LogP contribution in [0.25, 0.3) is 28.1 Å². The number of rotatable bonds is 8. The van der Waals surface area contributed by atoms with Gasteiger partial charge in [-0.2, -0.15) is 5.10 Å². The molecule has 0 radical (unpaired) electrons. The van der Waals surface area contributed by atoms with Gasteiger partial charge in [0.15, 0.2) is 0 Å². The van der Waals surface area contributed by atoms with E-state index in [1.54, 1.807) is 13.1 Å². The number of aromatic nitrogens is 2. The second-order valence-corrected chi connectivity index (χ2v) is 9.06. The molecule has 7 heteroatoms. The molecule has 2 N–H and O–H groups in total. The van der Waals surface area contributed by atoms with Crippen molar-refractivity contribution in [2.24, 2.45) is 0 Å². The third kappa shape index (κ3) is 5.57. The summed E-state index contributed by atoms with van der Waals surface area (Å²) >= 11 is 0. The minimum atomic E-state index is -0.239. The second kappa shape index (κ2) is 11.0. The van der Waals surface area contributed by atoms with Crippen molar-refractivity contribution in [3.63, 3.8) is 0 Å². The zero-order valence-electron chi connectivity index (χ0n) is 21.3. The van der Waals surface area contributed by atoms with Crippen molar-refractivity contribution < 1.29 is 14.0 Å². The van der Waals surface area contributed by atoms with E-state index in [0.29, 0.717) is 24.1 Å². The van der Waals surface area contributed by atoms with Gasteiger partial charge in [-0.25, -0.2) is 4.68 Å². The van der Waals surface area contributed by atoms with Gasteiger partial charge >= 0.3 is 0 Å². The number of carbonyl (C=O) groups is 2. The van der Waals surface area contributed by atoms with E-state index in [2.05, 4.69) is 66.1 Å². The predicted octanol–water partition coefficient (Wildman–Crippen LogP) is 6.04. The highest BCUT2D eigenvalue weighted by molar-refractivity contribution is 6.04. The maximum atomic E-state index is 12.3. The van der Waals surface area contributed by atoms with Gasteiger partial charge in [0.2, 0.25) is 5.91 Å². The predicted molar refractivity (Wildman–Crippen MR) is 148 cm³/mol. The summed E-state index contributed by atoms with van der Waals surface area (Å²) in [6.45, 7) is 2.08. The standard InChI is InChI=1S/C31H28N4O3/c1-21-3-5-22(6-4-21)23-7-9-24(10-8-23)29-19-27(13-16-30(36)32-2)34-35(29)28-14-11-26(12-15-28)33-31(37)25-17-18-38-20-25/h3-12,14-15,17-20H,13,16H2,1-2H3,(H,32,36)(H,33,37). The summed E-state index contributed by atoms with van der Waals surface area (Å²) in [6, 6.07) is 28.0. The van der Waals surface area contributed by atoms with E-state index in [1.807, 2.05) is 35.0 Å². The van der Waals surface area contributed by atoms with Crippen molar-refractivity contribution in [3.8, 4) is 28.1 Å². The molecule has 0 aliphatic rings. The first-order valence-corrected chi connectivity index (χ1v) is 12.4. The molecule has 0 unspecified atom stereocenters. The summed E-state index contributed by atoms with van der Waals surface area (Å²) in [5.41, 5.74) is 8.24. The molecule has 0 saturated carbocycles. The van der Waals surface area contributed by atoms with Crippen molar-refractivity contribution in [1.82, 2.24) is 15.1 Å². The van der Waals surface area contributed by atoms with Gasteiger partial charge in [0, 0.05) is 31.1 Å². The molecule has 2 amide bonds. The number of amides is 2. The number of benzene rings is 3. The van der Waals surface area contributed by atoms with Crippen LogP contribution in [0, 0.1) is 6.92 Å². The van der Waals surface area contributed by atoms with Crippen LogP contribution in [-0.4, -0.2) is 28.6 Å². The fraction of sp³-hybridized carbons (Fsp3) is 0.129. The molecule has 2 heterocycles. The van der Waals surface area contributed by atoms with Gasteiger partial charge in [-0.1, -0.05) is 54.1 Å². The van der Waals surface area contributed by atoms with Gasteiger partial charge in [0.25, 0.3) is 5.91 Å². The molecule has 0 atom stereocenters. The first-order valence-electron chi connectivity index (χ1n) is 12.4. The topological polar surface area (TPSA) is 89.2 Å². The number of hydrogen-bond acceptors (Lipinski definition) is 4. The monoisotopic (exact) mass is 504 g/mol. The van der Waals surface area contributed by atoms with Gasteiger partial charge in [-0.3, -0.25) is 9.59 Å². The van der Waals surface area contributed by atoms with Gasteiger partial charge in [0.1, 0.15) is 6.26 Å². The lowest BCUT2D eigenvalue weighted by Crippen LogP contribution is -2.18. The van der Waals surface area contributed by atoms with Crippen LogP contribution in [0.1, 0.15) is 28.0 Å². The van der Waals surface area contributed by atoms with Gasteiger partial charge in [-0.05, 0) is 54.4 Å². The molecule has 0 bridgehead atoms. The molecule has 3 aromatic carbocycles. The largest absolute Gasteiger partial charge is 0.472 e. The molecule has 190 valence electrons. The zero-order chi connectivity index (χ0) is 26.5. The van der Waals surface area contributed by atoms with E-state index in [0.717, 1.165) is 33.8 Å². The molecule has 5 rings (SSSR count). The summed E-state index contributed by atoms with van der Waals surface area (Å²) in [4.78, 5) is 24.2. The number of hydrogen-bond donors (Lipinski definition) is 2. The average molecular weight is 505 g/mol. The van der Waals surface area contributed by atoms with Crippen LogP contribution in [-0.2, 0) is 11.2 Å². The summed E-state index contributed by atoms with van der Waals surface area (Å²) < 4.78 is 6.87. The molecule has 0 aliphatic carbocycles. The molecule has 5 aromatic rings. The van der Waals surface area contributed by atoms with E-state index < -0.39 is 0 Å². The van der Waals surface area contributed by atoms with E-state index in [4.69, 9.17) is 9.52 Å². The van der Waals surface area contributed by atoms with Crippen LogP contribution in [0.5, 0.6) is 0 Å². The van der Waals surface area contributed by atoms with Crippen LogP contribution in [0.15, 0.2) is 102 Å². The normalized spacial score (nSPS) is 10.8. The maximum absolute atomic E-state index is 12.3. The lowest BCUT2D eigenvalue weighted by atomic mass is 10.0.